The molecule has 2 N–H and O–H groups in total. The van der Waals surface area contributed by atoms with E-state index in [1.54, 1.807) is 0 Å². The van der Waals surface area contributed by atoms with Crippen LogP contribution in [-0.4, -0.2) is 19.3 Å². The molecule has 0 amide bonds. The Kier molecular flexibility index (Phi) is 2.60. The van der Waals surface area contributed by atoms with Crippen LogP contribution in [0, 0.1) is 5.82 Å². The molecule has 1 fully saturated rings. The predicted molar refractivity (Wildman–Crippen MR) is 53.7 cm³/mol. The van der Waals surface area contributed by atoms with Crippen molar-refractivity contribution in [1.82, 2.24) is 0 Å². The first-order chi connectivity index (χ1) is 6.66. The number of halogens is 2. The maximum absolute atomic E-state index is 13.1. The van der Waals surface area contributed by atoms with Crippen LogP contribution in [0.25, 0.3) is 0 Å². The van der Waals surface area contributed by atoms with Crippen LogP contribution in [0.5, 0.6) is 5.75 Å². The molecule has 0 saturated carbocycles. The van der Waals surface area contributed by atoms with Gasteiger partial charge in [0.2, 0.25) is 0 Å². The van der Waals surface area contributed by atoms with E-state index in [9.17, 15) is 4.39 Å². The highest BCUT2D eigenvalue weighted by molar-refractivity contribution is 9.10. The summed E-state index contributed by atoms with van der Waals surface area (Å²) >= 11 is 3.04. The van der Waals surface area contributed by atoms with Gasteiger partial charge in [0.05, 0.1) is 23.4 Å². The van der Waals surface area contributed by atoms with Crippen molar-refractivity contribution in [3.05, 3.63) is 22.4 Å². The second-order valence-electron chi connectivity index (χ2n) is 3.08. The van der Waals surface area contributed by atoms with Gasteiger partial charge in [-0.25, -0.2) is 4.39 Å². The number of rotatable bonds is 2. The van der Waals surface area contributed by atoms with Gasteiger partial charge in [-0.1, -0.05) is 0 Å². The minimum Gasteiger partial charge on any atom is -0.483 e. The quantitative estimate of drug-likeness (QED) is 0.828. The molecule has 5 heteroatoms. The highest BCUT2D eigenvalue weighted by Crippen LogP contribution is 2.29. The molecule has 0 bridgehead atoms. The van der Waals surface area contributed by atoms with Gasteiger partial charge in [0, 0.05) is 6.07 Å². The van der Waals surface area contributed by atoms with Crippen LogP contribution in [-0.2, 0) is 4.74 Å². The molecular formula is C9H9BrFNO2. The average molecular weight is 262 g/mol. The number of benzene rings is 1. The van der Waals surface area contributed by atoms with Gasteiger partial charge >= 0.3 is 0 Å². The van der Waals surface area contributed by atoms with Gasteiger partial charge in [0.1, 0.15) is 17.7 Å². The van der Waals surface area contributed by atoms with Gasteiger partial charge in [0.25, 0.3) is 0 Å². The van der Waals surface area contributed by atoms with E-state index in [0.29, 0.717) is 29.1 Å². The molecule has 1 aromatic rings. The minimum absolute atomic E-state index is 0.00197. The van der Waals surface area contributed by atoms with Crippen molar-refractivity contribution in [1.29, 1.82) is 0 Å². The van der Waals surface area contributed by atoms with Crippen LogP contribution in [0.15, 0.2) is 16.6 Å². The Morgan fingerprint density at radius 1 is 1.50 bits per heavy atom. The van der Waals surface area contributed by atoms with E-state index in [4.69, 9.17) is 15.2 Å². The van der Waals surface area contributed by atoms with Crippen molar-refractivity contribution in [2.75, 3.05) is 18.9 Å². The first-order valence-corrected chi connectivity index (χ1v) is 4.95. The van der Waals surface area contributed by atoms with E-state index >= 15 is 0 Å². The zero-order valence-corrected chi connectivity index (χ0v) is 8.88. The monoisotopic (exact) mass is 261 g/mol. The van der Waals surface area contributed by atoms with Gasteiger partial charge in [-0.2, -0.15) is 0 Å². The van der Waals surface area contributed by atoms with Gasteiger partial charge < -0.3 is 15.2 Å². The molecular weight excluding hydrogens is 253 g/mol. The van der Waals surface area contributed by atoms with Gasteiger partial charge in [-0.3, -0.25) is 0 Å². The van der Waals surface area contributed by atoms with E-state index in [0.717, 1.165) is 0 Å². The maximum Gasteiger partial charge on any atom is 0.145 e. The predicted octanol–water partition coefficient (Wildman–Crippen LogP) is 1.95. The summed E-state index contributed by atoms with van der Waals surface area (Å²) in [6.45, 7) is 1.08. The maximum atomic E-state index is 13.1. The number of hydrogen-bond donors (Lipinski definition) is 1. The standard InChI is InChI=1S/C9H9BrFNO2/c10-6-1-8(12)9(2-7(6)11)14-5-3-13-4-5/h1-2,5H,3-4,12H2. The Balaban J connectivity index is 2.19. The third kappa shape index (κ3) is 1.83. The second kappa shape index (κ2) is 3.74. The molecule has 1 aliphatic heterocycles. The Morgan fingerprint density at radius 2 is 2.21 bits per heavy atom. The fraction of sp³-hybridized carbons (Fsp3) is 0.333. The number of anilines is 1. The topological polar surface area (TPSA) is 44.5 Å². The number of nitrogens with two attached hydrogens (primary N) is 1. The van der Waals surface area contributed by atoms with E-state index in [1.165, 1.54) is 12.1 Å². The van der Waals surface area contributed by atoms with E-state index in [-0.39, 0.29) is 11.9 Å². The number of ether oxygens (including phenoxy) is 2. The summed E-state index contributed by atoms with van der Waals surface area (Å²) in [6, 6.07) is 2.77. The lowest BCUT2D eigenvalue weighted by atomic mass is 10.2. The number of nitrogen functional groups attached to an aromatic ring is 1. The molecule has 1 aromatic carbocycles. The smallest absolute Gasteiger partial charge is 0.145 e. The molecule has 0 radical (unpaired) electrons. The second-order valence-corrected chi connectivity index (χ2v) is 3.94. The van der Waals surface area contributed by atoms with Crippen LogP contribution in [0.4, 0.5) is 10.1 Å². The fourth-order valence-corrected chi connectivity index (χ4v) is 1.47. The molecule has 1 saturated heterocycles. The molecule has 14 heavy (non-hydrogen) atoms. The molecule has 1 heterocycles. The molecule has 0 aliphatic carbocycles. The Morgan fingerprint density at radius 3 is 2.79 bits per heavy atom. The molecule has 0 unspecified atom stereocenters. The van der Waals surface area contributed by atoms with Crippen LogP contribution >= 0.6 is 15.9 Å². The molecule has 3 nitrogen and oxygen atoms in total. The Labute approximate surface area is 89.1 Å². The SMILES string of the molecule is Nc1cc(Br)c(F)cc1OC1COC1. The summed E-state index contributed by atoms with van der Waals surface area (Å²) in [5.74, 6) is -0.00607. The Bertz CT molecular complexity index is 355. The lowest BCUT2D eigenvalue weighted by molar-refractivity contribution is -0.0794. The highest BCUT2D eigenvalue weighted by atomic mass is 79.9. The molecule has 0 atom stereocenters. The van der Waals surface area contributed by atoms with E-state index in [2.05, 4.69) is 15.9 Å². The van der Waals surface area contributed by atoms with Crippen molar-refractivity contribution in [2.24, 2.45) is 0 Å². The molecule has 1 aliphatic rings. The molecule has 0 spiro atoms. The highest BCUT2D eigenvalue weighted by Gasteiger charge is 2.21. The average Bonchev–Trinajstić information content (AvgIpc) is 2.06. The molecule has 2 rings (SSSR count). The molecule has 0 aromatic heterocycles. The zero-order chi connectivity index (χ0) is 10.1. The van der Waals surface area contributed by atoms with E-state index in [1.807, 2.05) is 0 Å². The summed E-state index contributed by atoms with van der Waals surface area (Å²) in [4.78, 5) is 0. The lowest BCUT2D eigenvalue weighted by Gasteiger charge is -2.27. The first-order valence-electron chi connectivity index (χ1n) is 4.16. The Hall–Kier alpha value is -0.810. The van der Waals surface area contributed by atoms with Gasteiger partial charge in [0.15, 0.2) is 0 Å². The van der Waals surface area contributed by atoms with Gasteiger partial charge in [-0.15, -0.1) is 0 Å². The first kappa shape index (κ1) is 9.73. The van der Waals surface area contributed by atoms with Crippen LogP contribution in [0.1, 0.15) is 0 Å². The zero-order valence-electron chi connectivity index (χ0n) is 7.30. The van der Waals surface area contributed by atoms with E-state index < -0.39 is 0 Å². The lowest BCUT2D eigenvalue weighted by Crippen LogP contribution is -2.38. The van der Waals surface area contributed by atoms with Crippen molar-refractivity contribution in [3.8, 4) is 5.75 Å². The van der Waals surface area contributed by atoms with Crippen LogP contribution in [0.3, 0.4) is 0 Å². The van der Waals surface area contributed by atoms with Gasteiger partial charge in [-0.05, 0) is 22.0 Å². The van der Waals surface area contributed by atoms with Crippen molar-refractivity contribution >= 4 is 21.6 Å². The summed E-state index contributed by atoms with van der Waals surface area (Å²) in [5.41, 5.74) is 6.08. The largest absolute Gasteiger partial charge is 0.483 e. The fourth-order valence-electron chi connectivity index (χ4n) is 1.11. The minimum atomic E-state index is -0.380. The van der Waals surface area contributed by atoms with Crippen molar-refractivity contribution in [2.45, 2.75) is 6.10 Å². The molecule has 76 valence electrons. The van der Waals surface area contributed by atoms with Crippen molar-refractivity contribution in [3.63, 3.8) is 0 Å². The summed E-state index contributed by atoms with van der Waals surface area (Å²) in [7, 11) is 0. The summed E-state index contributed by atoms with van der Waals surface area (Å²) in [5, 5.41) is 0. The number of hydrogen-bond acceptors (Lipinski definition) is 3. The van der Waals surface area contributed by atoms with Crippen LogP contribution < -0.4 is 10.5 Å². The summed E-state index contributed by atoms with van der Waals surface area (Å²) < 4.78 is 23.8. The van der Waals surface area contributed by atoms with Crippen LogP contribution in [0.2, 0.25) is 0 Å². The third-order valence-corrected chi connectivity index (χ3v) is 2.56. The van der Waals surface area contributed by atoms with Crippen molar-refractivity contribution < 1.29 is 13.9 Å². The third-order valence-electron chi connectivity index (χ3n) is 1.95. The normalized spacial score (nSPS) is 16.4. The summed E-state index contributed by atoms with van der Waals surface area (Å²) in [6.07, 6.45) is -0.00197.